The van der Waals surface area contributed by atoms with Crippen LogP contribution in [0.3, 0.4) is 0 Å². The van der Waals surface area contributed by atoms with Gasteiger partial charge >= 0.3 is 6.09 Å². The largest absolute Gasteiger partial charge is 0.445 e. The number of hydrogen-bond acceptors (Lipinski definition) is 4. The summed E-state index contributed by atoms with van der Waals surface area (Å²) in [6.07, 6.45) is 2.89. The van der Waals surface area contributed by atoms with Crippen LogP contribution in [0.2, 0.25) is 0 Å². The Morgan fingerprint density at radius 2 is 1.91 bits per heavy atom. The van der Waals surface area contributed by atoms with Gasteiger partial charge in [0.25, 0.3) is 5.91 Å². The van der Waals surface area contributed by atoms with Crippen LogP contribution in [0.5, 0.6) is 0 Å². The van der Waals surface area contributed by atoms with Crippen molar-refractivity contribution >= 4 is 18.1 Å². The first-order valence-electron chi connectivity index (χ1n) is 7.03. The van der Waals surface area contributed by atoms with Gasteiger partial charge in [0.05, 0.1) is 5.69 Å². The van der Waals surface area contributed by atoms with Crippen molar-refractivity contribution in [3.8, 4) is 0 Å². The molecule has 1 aromatic heterocycles. The van der Waals surface area contributed by atoms with Gasteiger partial charge in [-0.05, 0) is 23.8 Å². The molecule has 0 unspecified atom stereocenters. The minimum absolute atomic E-state index is 0.197. The van der Waals surface area contributed by atoms with E-state index in [1.807, 2.05) is 30.3 Å². The predicted molar refractivity (Wildman–Crippen MR) is 86.4 cm³/mol. The van der Waals surface area contributed by atoms with E-state index in [0.29, 0.717) is 5.69 Å². The van der Waals surface area contributed by atoms with Crippen LogP contribution in [-0.2, 0) is 11.3 Å². The lowest BCUT2D eigenvalue weighted by Crippen LogP contribution is -2.24. The smallest absolute Gasteiger partial charge is 0.407 e. The first-order chi connectivity index (χ1) is 11.1. The molecule has 0 aliphatic carbocycles. The maximum Gasteiger partial charge on any atom is 0.407 e. The minimum Gasteiger partial charge on any atom is -0.445 e. The monoisotopic (exact) mass is 311 g/mol. The first kappa shape index (κ1) is 16.2. The Bertz CT molecular complexity index is 699. The molecule has 0 aliphatic heterocycles. The fourth-order valence-electron chi connectivity index (χ4n) is 1.78. The molecule has 23 heavy (non-hydrogen) atoms. The van der Waals surface area contributed by atoms with Crippen molar-refractivity contribution in [1.82, 2.24) is 10.3 Å². The summed E-state index contributed by atoms with van der Waals surface area (Å²) in [5.41, 5.74) is 6.86. The van der Waals surface area contributed by atoms with Crippen molar-refractivity contribution in [2.24, 2.45) is 5.73 Å². The van der Waals surface area contributed by atoms with Crippen molar-refractivity contribution in [2.45, 2.75) is 6.61 Å². The van der Waals surface area contributed by atoms with E-state index in [-0.39, 0.29) is 18.8 Å². The van der Waals surface area contributed by atoms with Gasteiger partial charge in [0.1, 0.15) is 12.3 Å². The Labute approximate surface area is 134 Å². The topological polar surface area (TPSA) is 94.3 Å². The second kappa shape index (κ2) is 8.33. The first-order valence-corrected chi connectivity index (χ1v) is 7.03. The fourth-order valence-corrected chi connectivity index (χ4v) is 1.78. The average Bonchev–Trinajstić information content (AvgIpc) is 2.58. The van der Waals surface area contributed by atoms with E-state index in [1.54, 1.807) is 30.4 Å². The maximum atomic E-state index is 11.5. The second-order valence-corrected chi connectivity index (χ2v) is 4.66. The number of carbonyl (C=O) groups is 2. The summed E-state index contributed by atoms with van der Waals surface area (Å²) in [5.74, 6) is -0.581. The summed E-state index contributed by atoms with van der Waals surface area (Å²) in [6, 6.07) is 14.4. The van der Waals surface area contributed by atoms with E-state index in [2.05, 4.69) is 10.3 Å². The molecule has 2 amide bonds. The lowest BCUT2D eigenvalue weighted by atomic mass is 10.2. The van der Waals surface area contributed by atoms with Gasteiger partial charge in [-0.15, -0.1) is 0 Å². The van der Waals surface area contributed by atoms with Crippen LogP contribution in [0, 0.1) is 0 Å². The lowest BCUT2D eigenvalue weighted by Gasteiger charge is -2.05. The molecule has 1 aromatic carbocycles. The molecule has 0 spiro atoms. The molecule has 6 nitrogen and oxygen atoms in total. The number of primary amides is 1. The van der Waals surface area contributed by atoms with Crippen molar-refractivity contribution in [2.75, 3.05) is 6.54 Å². The van der Waals surface area contributed by atoms with E-state index in [0.717, 1.165) is 5.56 Å². The molecule has 2 aromatic rings. The van der Waals surface area contributed by atoms with Crippen LogP contribution < -0.4 is 11.1 Å². The van der Waals surface area contributed by atoms with E-state index in [9.17, 15) is 9.59 Å². The molecule has 2 rings (SSSR count). The average molecular weight is 311 g/mol. The zero-order valence-corrected chi connectivity index (χ0v) is 12.4. The quantitative estimate of drug-likeness (QED) is 0.854. The number of nitrogens with zero attached hydrogens (tertiary/aromatic N) is 1. The maximum absolute atomic E-state index is 11.5. The third-order valence-electron chi connectivity index (χ3n) is 2.89. The second-order valence-electron chi connectivity index (χ2n) is 4.66. The van der Waals surface area contributed by atoms with E-state index in [1.165, 1.54) is 0 Å². The highest BCUT2D eigenvalue weighted by Crippen LogP contribution is 2.02. The molecule has 0 fully saturated rings. The molecule has 0 saturated heterocycles. The molecule has 118 valence electrons. The fraction of sp³-hybridized carbons (Fsp3) is 0.118. The molecular weight excluding hydrogens is 294 g/mol. The van der Waals surface area contributed by atoms with Crippen molar-refractivity contribution < 1.29 is 14.3 Å². The van der Waals surface area contributed by atoms with Crippen molar-refractivity contribution in [3.63, 3.8) is 0 Å². The molecular formula is C17H17N3O3. The van der Waals surface area contributed by atoms with Crippen LogP contribution in [0.1, 0.15) is 21.7 Å². The number of amides is 2. The summed E-state index contributed by atoms with van der Waals surface area (Å²) in [4.78, 5) is 26.6. The number of rotatable bonds is 6. The molecule has 1 heterocycles. The van der Waals surface area contributed by atoms with Crippen molar-refractivity contribution in [1.29, 1.82) is 0 Å². The Morgan fingerprint density at radius 1 is 1.13 bits per heavy atom. The van der Waals surface area contributed by atoms with E-state index in [4.69, 9.17) is 10.5 Å². The third-order valence-corrected chi connectivity index (χ3v) is 2.89. The van der Waals surface area contributed by atoms with Gasteiger partial charge in [-0.2, -0.15) is 0 Å². The molecule has 0 aliphatic rings. The SMILES string of the molecule is NC(=O)c1cccc(C=CCNC(=O)OCc2ccccc2)n1. The number of carbonyl (C=O) groups excluding carboxylic acids is 2. The number of alkyl carbamates (subject to hydrolysis) is 1. The van der Waals surface area contributed by atoms with Crippen LogP contribution >= 0.6 is 0 Å². The van der Waals surface area contributed by atoms with Crippen LogP contribution in [0.25, 0.3) is 6.08 Å². The Morgan fingerprint density at radius 3 is 2.65 bits per heavy atom. The third kappa shape index (κ3) is 5.62. The van der Waals surface area contributed by atoms with Crippen LogP contribution in [-0.4, -0.2) is 23.5 Å². The van der Waals surface area contributed by atoms with Gasteiger partial charge in [-0.25, -0.2) is 9.78 Å². The summed E-state index contributed by atoms with van der Waals surface area (Å²) in [6.45, 7) is 0.509. The highest BCUT2D eigenvalue weighted by Gasteiger charge is 2.02. The Hall–Kier alpha value is -3.15. The normalized spacial score (nSPS) is 10.4. The zero-order valence-electron chi connectivity index (χ0n) is 12.4. The lowest BCUT2D eigenvalue weighted by molar-refractivity contribution is 0.0995. The number of ether oxygens (including phenoxy) is 1. The van der Waals surface area contributed by atoms with Crippen LogP contribution in [0.15, 0.2) is 54.6 Å². The van der Waals surface area contributed by atoms with Crippen LogP contribution in [0.4, 0.5) is 4.79 Å². The molecule has 0 saturated carbocycles. The van der Waals surface area contributed by atoms with Crippen molar-refractivity contribution in [3.05, 3.63) is 71.6 Å². The standard InChI is InChI=1S/C17H17N3O3/c18-16(21)15-10-4-8-14(20-15)9-5-11-19-17(22)23-12-13-6-2-1-3-7-13/h1-10H,11-12H2,(H2,18,21)(H,19,22). The summed E-state index contributed by atoms with van der Waals surface area (Å²) in [7, 11) is 0. The van der Waals surface area contributed by atoms with Gasteiger partial charge in [0, 0.05) is 6.54 Å². The summed E-state index contributed by atoms with van der Waals surface area (Å²) in [5, 5.41) is 2.59. The van der Waals surface area contributed by atoms with E-state index >= 15 is 0 Å². The highest BCUT2D eigenvalue weighted by atomic mass is 16.5. The van der Waals surface area contributed by atoms with Gasteiger partial charge in [0.15, 0.2) is 0 Å². The number of pyridine rings is 1. The van der Waals surface area contributed by atoms with Gasteiger partial charge < -0.3 is 15.8 Å². The molecule has 0 bridgehead atoms. The van der Waals surface area contributed by atoms with E-state index < -0.39 is 12.0 Å². The molecule has 0 radical (unpaired) electrons. The Balaban J connectivity index is 1.74. The number of nitrogens with one attached hydrogen (secondary N) is 1. The Kier molecular flexibility index (Phi) is 5.88. The number of benzene rings is 1. The molecule has 6 heteroatoms. The van der Waals surface area contributed by atoms with Gasteiger partial charge in [-0.3, -0.25) is 4.79 Å². The minimum atomic E-state index is -0.581. The molecule has 0 atom stereocenters. The predicted octanol–water partition coefficient (Wildman–Crippen LogP) is 2.12. The van der Waals surface area contributed by atoms with Gasteiger partial charge in [-0.1, -0.05) is 42.5 Å². The molecule has 3 N–H and O–H groups in total. The zero-order chi connectivity index (χ0) is 16.5. The number of hydrogen-bond donors (Lipinski definition) is 2. The highest BCUT2D eigenvalue weighted by molar-refractivity contribution is 5.90. The summed E-state index contributed by atoms with van der Waals surface area (Å²) < 4.78 is 5.07. The number of nitrogens with two attached hydrogens (primary N) is 1. The van der Waals surface area contributed by atoms with Gasteiger partial charge in [0.2, 0.25) is 0 Å². The summed E-state index contributed by atoms with van der Waals surface area (Å²) >= 11 is 0. The number of aromatic nitrogens is 1.